The lowest BCUT2D eigenvalue weighted by Crippen LogP contribution is -2.39. The SMILES string of the molecule is CCNC(=NCCS(N)(=O)=O)N(C)Cc1ccc(OC(F)F)cc1. The van der Waals surface area contributed by atoms with Crippen molar-refractivity contribution in [2.45, 2.75) is 20.1 Å². The number of rotatable bonds is 8. The largest absolute Gasteiger partial charge is 0.435 e. The van der Waals surface area contributed by atoms with E-state index in [4.69, 9.17) is 5.14 Å². The van der Waals surface area contributed by atoms with Gasteiger partial charge in [0, 0.05) is 20.1 Å². The van der Waals surface area contributed by atoms with Gasteiger partial charge in [-0.15, -0.1) is 0 Å². The van der Waals surface area contributed by atoms with Crippen molar-refractivity contribution in [1.82, 2.24) is 10.2 Å². The van der Waals surface area contributed by atoms with Crippen molar-refractivity contribution < 1.29 is 21.9 Å². The zero-order valence-electron chi connectivity index (χ0n) is 13.6. The predicted octanol–water partition coefficient (Wildman–Crippen LogP) is 0.974. The molecular weight excluding hydrogens is 342 g/mol. The Morgan fingerprint density at radius 2 is 2.00 bits per heavy atom. The Morgan fingerprint density at radius 1 is 1.38 bits per heavy atom. The minimum Gasteiger partial charge on any atom is -0.435 e. The number of ether oxygens (including phenoxy) is 1. The van der Waals surface area contributed by atoms with Gasteiger partial charge in [0.05, 0.1) is 12.3 Å². The average Bonchev–Trinajstić information content (AvgIpc) is 2.46. The van der Waals surface area contributed by atoms with E-state index in [0.29, 0.717) is 19.0 Å². The fourth-order valence-electron chi connectivity index (χ4n) is 1.87. The molecule has 0 radical (unpaired) electrons. The highest BCUT2D eigenvalue weighted by molar-refractivity contribution is 7.89. The first-order valence-electron chi connectivity index (χ1n) is 7.25. The highest BCUT2D eigenvalue weighted by Crippen LogP contribution is 2.15. The van der Waals surface area contributed by atoms with Crippen LogP contribution in [0.1, 0.15) is 12.5 Å². The van der Waals surface area contributed by atoms with Crippen LogP contribution in [0.3, 0.4) is 0 Å². The molecule has 0 aliphatic rings. The molecule has 24 heavy (non-hydrogen) atoms. The topological polar surface area (TPSA) is 97.0 Å². The van der Waals surface area contributed by atoms with Crippen LogP contribution in [0.5, 0.6) is 5.75 Å². The third-order valence-electron chi connectivity index (χ3n) is 2.90. The Kier molecular flexibility index (Phi) is 7.86. The Labute approximate surface area is 140 Å². The number of nitrogens with one attached hydrogen (secondary N) is 1. The zero-order chi connectivity index (χ0) is 18.2. The van der Waals surface area contributed by atoms with Gasteiger partial charge >= 0.3 is 6.61 Å². The maximum absolute atomic E-state index is 12.1. The first kappa shape index (κ1) is 20.1. The van der Waals surface area contributed by atoms with E-state index in [9.17, 15) is 17.2 Å². The molecular formula is C14H22F2N4O3S. The molecule has 3 N–H and O–H groups in total. The van der Waals surface area contributed by atoms with E-state index >= 15 is 0 Å². The molecule has 0 aliphatic heterocycles. The first-order chi connectivity index (χ1) is 11.2. The van der Waals surface area contributed by atoms with Crippen LogP contribution in [0.25, 0.3) is 0 Å². The summed E-state index contributed by atoms with van der Waals surface area (Å²) >= 11 is 0. The van der Waals surface area contributed by atoms with Gasteiger partial charge in [-0.25, -0.2) is 13.6 Å². The summed E-state index contributed by atoms with van der Waals surface area (Å²) in [7, 11) is -1.78. The molecule has 7 nitrogen and oxygen atoms in total. The summed E-state index contributed by atoms with van der Waals surface area (Å²) in [6.07, 6.45) is 0. The van der Waals surface area contributed by atoms with E-state index in [-0.39, 0.29) is 18.0 Å². The monoisotopic (exact) mass is 364 g/mol. The molecule has 10 heteroatoms. The fourth-order valence-corrected chi connectivity index (χ4v) is 2.22. The van der Waals surface area contributed by atoms with Crippen molar-refractivity contribution in [1.29, 1.82) is 0 Å². The molecule has 0 aliphatic carbocycles. The molecule has 0 saturated heterocycles. The summed E-state index contributed by atoms with van der Waals surface area (Å²) in [6.45, 7) is 0.145. The van der Waals surface area contributed by atoms with Gasteiger partial charge in [-0.1, -0.05) is 12.1 Å². The second kappa shape index (κ2) is 9.38. The fraction of sp³-hybridized carbons (Fsp3) is 0.500. The van der Waals surface area contributed by atoms with Gasteiger partial charge in [0.15, 0.2) is 5.96 Å². The maximum Gasteiger partial charge on any atom is 0.387 e. The summed E-state index contributed by atoms with van der Waals surface area (Å²) in [6, 6.07) is 6.25. The van der Waals surface area contributed by atoms with Crippen LogP contribution in [0.2, 0.25) is 0 Å². The van der Waals surface area contributed by atoms with Crippen molar-refractivity contribution >= 4 is 16.0 Å². The molecule has 1 rings (SSSR count). The second-order valence-corrected chi connectivity index (χ2v) is 6.72. The molecule has 0 amide bonds. The lowest BCUT2D eigenvalue weighted by Gasteiger charge is -2.22. The van der Waals surface area contributed by atoms with Gasteiger partial charge in [-0.05, 0) is 24.6 Å². The number of sulfonamides is 1. The average molecular weight is 364 g/mol. The van der Waals surface area contributed by atoms with Gasteiger partial charge in [0.1, 0.15) is 5.75 Å². The second-order valence-electron chi connectivity index (χ2n) is 4.98. The third kappa shape index (κ3) is 8.06. The highest BCUT2D eigenvalue weighted by Gasteiger charge is 2.09. The molecule has 0 heterocycles. The quantitative estimate of drug-likeness (QED) is 0.529. The molecule has 0 unspecified atom stereocenters. The van der Waals surface area contributed by atoms with E-state index in [2.05, 4.69) is 15.0 Å². The smallest absolute Gasteiger partial charge is 0.387 e. The molecule has 0 fully saturated rings. The summed E-state index contributed by atoms with van der Waals surface area (Å²) in [5.41, 5.74) is 0.858. The number of nitrogens with zero attached hydrogens (tertiary/aromatic N) is 2. The summed E-state index contributed by atoms with van der Waals surface area (Å²) in [5.74, 6) is 0.370. The van der Waals surface area contributed by atoms with Gasteiger partial charge < -0.3 is 15.0 Å². The Morgan fingerprint density at radius 3 is 2.50 bits per heavy atom. The van der Waals surface area contributed by atoms with E-state index in [1.165, 1.54) is 12.1 Å². The molecule has 0 bridgehead atoms. The summed E-state index contributed by atoms with van der Waals surface area (Å²) in [4.78, 5) is 5.99. The van der Waals surface area contributed by atoms with Crippen LogP contribution in [0.4, 0.5) is 8.78 Å². The summed E-state index contributed by atoms with van der Waals surface area (Å²) < 4.78 is 50.4. The maximum atomic E-state index is 12.1. The van der Waals surface area contributed by atoms with Crippen molar-refractivity contribution in [3.8, 4) is 5.75 Å². The minimum absolute atomic E-state index is 0.0483. The van der Waals surface area contributed by atoms with Crippen LogP contribution in [0, 0.1) is 0 Å². The van der Waals surface area contributed by atoms with Crippen LogP contribution in [0.15, 0.2) is 29.3 Å². The van der Waals surface area contributed by atoms with Gasteiger partial charge in [-0.3, -0.25) is 4.99 Å². The van der Waals surface area contributed by atoms with Gasteiger partial charge in [-0.2, -0.15) is 8.78 Å². The Hall–Kier alpha value is -1.94. The predicted molar refractivity (Wildman–Crippen MR) is 88.5 cm³/mol. The molecule has 0 atom stereocenters. The third-order valence-corrected chi connectivity index (χ3v) is 3.65. The van der Waals surface area contributed by atoms with E-state index in [0.717, 1.165) is 5.56 Å². The van der Waals surface area contributed by atoms with Crippen molar-refractivity contribution in [2.24, 2.45) is 10.1 Å². The van der Waals surface area contributed by atoms with Crippen molar-refractivity contribution in [2.75, 3.05) is 25.9 Å². The number of hydrogen-bond donors (Lipinski definition) is 2. The number of halogens is 2. The Bertz CT molecular complexity index is 636. The van der Waals surface area contributed by atoms with E-state index in [1.54, 1.807) is 24.1 Å². The highest BCUT2D eigenvalue weighted by atomic mass is 32.2. The molecule has 1 aromatic rings. The number of nitrogens with two attached hydrogens (primary N) is 1. The van der Waals surface area contributed by atoms with Crippen molar-refractivity contribution in [3.05, 3.63) is 29.8 Å². The normalized spacial score (nSPS) is 12.3. The number of guanidine groups is 1. The van der Waals surface area contributed by atoms with Crippen LogP contribution in [-0.2, 0) is 16.6 Å². The van der Waals surface area contributed by atoms with Crippen LogP contribution >= 0.6 is 0 Å². The number of aliphatic imine (C=N–C) groups is 1. The van der Waals surface area contributed by atoms with E-state index < -0.39 is 16.6 Å². The molecule has 136 valence electrons. The minimum atomic E-state index is -3.56. The van der Waals surface area contributed by atoms with E-state index in [1.807, 2.05) is 6.92 Å². The lowest BCUT2D eigenvalue weighted by molar-refractivity contribution is -0.0498. The molecule has 0 saturated carbocycles. The van der Waals surface area contributed by atoms with Gasteiger partial charge in [0.25, 0.3) is 0 Å². The van der Waals surface area contributed by atoms with Crippen LogP contribution in [-0.4, -0.2) is 51.8 Å². The van der Waals surface area contributed by atoms with Crippen molar-refractivity contribution in [3.63, 3.8) is 0 Å². The summed E-state index contributed by atoms with van der Waals surface area (Å²) in [5, 5.41) is 7.99. The number of primary sulfonamides is 1. The molecule has 0 spiro atoms. The number of benzene rings is 1. The van der Waals surface area contributed by atoms with Crippen LogP contribution < -0.4 is 15.2 Å². The zero-order valence-corrected chi connectivity index (χ0v) is 14.4. The lowest BCUT2D eigenvalue weighted by atomic mass is 10.2. The first-order valence-corrected chi connectivity index (χ1v) is 8.96. The van der Waals surface area contributed by atoms with Gasteiger partial charge in [0.2, 0.25) is 10.0 Å². The standard InChI is InChI=1S/C14H22F2N4O3S/c1-3-18-14(19-8-9-24(17,21)22)20(2)10-11-4-6-12(7-5-11)23-13(15)16/h4-7,13H,3,8-10H2,1-2H3,(H,18,19)(H2,17,21,22). The number of alkyl halides is 2. The molecule has 1 aromatic carbocycles. The Balaban J connectivity index is 2.70. The number of hydrogen-bond acceptors (Lipinski definition) is 4. The molecule has 0 aromatic heterocycles.